The van der Waals surface area contributed by atoms with Crippen molar-refractivity contribution >= 4 is 21.3 Å². The van der Waals surface area contributed by atoms with Crippen LogP contribution in [0.1, 0.15) is 5.56 Å². The summed E-state index contributed by atoms with van der Waals surface area (Å²) in [5.74, 6) is 0. The van der Waals surface area contributed by atoms with Gasteiger partial charge in [-0.3, -0.25) is 0 Å². The maximum Gasteiger partial charge on any atom is 0.141 e. The van der Waals surface area contributed by atoms with Gasteiger partial charge >= 0.3 is 0 Å². The van der Waals surface area contributed by atoms with Crippen LogP contribution in [-0.4, -0.2) is 4.21 Å². The van der Waals surface area contributed by atoms with E-state index in [0.29, 0.717) is 5.56 Å². The Morgan fingerprint density at radius 3 is 2.73 bits per heavy atom. The molecule has 1 heterocycles. The first-order valence-corrected chi connectivity index (χ1v) is 5.09. The molecule has 0 saturated carbocycles. The van der Waals surface area contributed by atoms with Gasteiger partial charge in [-0.2, -0.15) is 5.26 Å². The summed E-state index contributed by atoms with van der Waals surface area (Å²) >= 11 is 1.07. The zero-order valence-corrected chi connectivity index (χ0v) is 7.04. The predicted molar refractivity (Wildman–Crippen MR) is 42.3 cm³/mol. The van der Waals surface area contributed by atoms with Gasteiger partial charge in [0, 0.05) is 5.38 Å². The molecule has 0 radical (unpaired) electrons. The second-order valence-corrected chi connectivity index (χ2v) is 4.68. The lowest BCUT2D eigenvalue weighted by molar-refractivity contribution is 0.677. The molecule has 58 valence electrons. The third-order valence-electron chi connectivity index (χ3n) is 1.00. The van der Waals surface area contributed by atoms with E-state index in [9.17, 15) is 4.21 Å². The summed E-state index contributed by atoms with van der Waals surface area (Å²) in [6.07, 6.45) is 0. The topological polar surface area (TPSA) is 90.7 Å². The molecule has 11 heavy (non-hydrogen) atoms. The molecule has 1 unspecified atom stereocenters. The maximum atomic E-state index is 10.9. The van der Waals surface area contributed by atoms with Crippen molar-refractivity contribution in [3.63, 3.8) is 0 Å². The summed E-state index contributed by atoms with van der Waals surface area (Å²) in [7, 11) is -3.12. The smallest absolute Gasteiger partial charge is 0.141 e. The van der Waals surface area contributed by atoms with Crippen LogP contribution in [0.3, 0.4) is 0 Å². The van der Waals surface area contributed by atoms with Gasteiger partial charge in [-0.05, 0) is 6.07 Å². The molecule has 1 aromatic rings. The molecule has 0 bridgehead atoms. The van der Waals surface area contributed by atoms with Crippen molar-refractivity contribution in [1.82, 2.24) is 0 Å². The van der Waals surface area contributed by atoms with Gasteiger partial charge in [0.25, 0.3) is 0 Å². The summed E-state index contributed by atoms with van der Waals surface area (Å²) in [6.45, 7) is 0. The van der Waals surface area contributed by atoms with Gasteiger partial charge in [0.15, 0.2) is 0 Å². The number of nitrogens with one attached hydrogen (secondary N) is 1. The Morgan fingerprint density at radius 1 is 1.82 bits per heavy atom. The SMILES string of the molecule is N#Cc1csc(S(=N)(N)=O)c1. The quantitative estimate of drug-likeness (QED) is 0.683. The molecule has 0 aliphatic carbocycles. The Morgan fingerprint density at radius 2 is 2.45 bits per heavy atom. The van der Waals surface area contributed by atoms with E-state index in [0.717, 1.165) is 11.3 Å². The molecule has 0 saturated heterocycles. The largest absolute Gasteiger partial charge is 0.241 e. The first kappa shape index (κ1) is 8.20. The molecular weight excluding hydrogens is 182 g/mol. The number of nitrogens with zero attached hydrogens (tertiary/aromatic N) is 1. The Bertz CT molecular complexity index is 398. The van der Waals surface area contributed by atoms with Crippen molar-refractivity contribution in [2.45, 2.75) is 4.21 Å². The summed E-state index contributed by atoms with van der Waals surface area (Å²) in [4.78, 5) is 0. The zero-order chi connectivity index (χ0) is 8.48. The van der Waals surface area contributed by atoms with Gasteiger partial charge in [0.05, 0.1) is 5.56 Å². The molecule has 3 N–H and O–H groups in total. The van der Waals surface area contributed by atoms with Crippen molar-refractivity contribution in [3.8, 4) is 6.07 Å². The number of nitriles is 1. The van der Waals surface area contributed by atoms with Crippen molar-refractivity contribution in [3.05, 3.63) is 17.0 Å². The van der Waals surface area contributed by atoms with Crippen LogP contribution >= 0.6 is 11.3 Å². The van der Waals surface area contributed by atoms with Gasteiger partial charge in [-0.1, -0.05) is 0 Å². The standard InChI is InChI=1S/C5H5N3OS2/c6-2-4-1-5(10-3-4)11(7,8)9/h1,3H,(H3,7,8,9). The molecule has 1 aromatic heterocycles. The predicted octanol–water partition coefficient (Wildman–Crippen LogP) is 0.899. The Hall–Kier alpha value is -0.900. The summed E-state index contributed by atoms with van der Waals surface area (Å²) in [5, 5.41) is 14.9. The average Bonchev–Trinajstić information content (AvgIpc) is 2.32. The minimum Gasteiger partial charge on any atom is -0.241 e. The van der Waals surface area contributed by atoms with Crippen LogP contribution in [0.2, 0.25) is 0 Å². The molecule has 1 rings (SSSR count). The average molecular weight is 187 g/mol. The van der Waals surface area contributed by atoms with E-state index in [-0.39, 0.29) is 4.21 Å². The molecule has 0 spiro atoms. The van der Waals surface area contributed by atoms with Gasteiger partial charge in [-0.15, -0.1) is 11.3 Å². The fourth-order valence-electron chi connectivity index (χ4n) is 0.534. The summed E-state index contributed by atoms with van der Waals surface area (Å²) < 4.78 is 18.1. The summed E-state index contributed by atoms with van der Waals surface area (Å²) in [6, 6.07) is 3.24. The van der Waals surface area contributed by atoms with Crippen LogP contribution in [0.5, 0.6) is 0 Å². The van der Waals surface area contributed by atoms with Gasteiger partial charge in [0.2, 0.25) is 0 Å². The van der Waals surface area contributed by atoms with Crippen molar-refractivity contribution in [2.75, 3.05) is 0 Å². The van der Waals surface area contributed by atoms with E-state index < -0.39 is 9.92 Å². The molecule has 6 heteroatoms. The van der Waals surface area contributed by atoms with Crippen molar-refractivity contribution in [1.29, 1.82) is 10.0 Å². The highest BCUT2D eigenvalue weighted by molar-refractivity contribution is 7.92. The normalized spacial score (nSPS) is 15.3. The highest BCUT2D eigenvalue weighted by Crippen LogP contribution is 2.17. The Balaban J connectivity index is 3.22. The van der Waals surface area contributed by atoms with E-state index in [1.165, 1.54) is 11.4 Å². The van der Waals surface area contributed by atoms with E-state index >= 15 is 0 Å². The van der Waals surface area contributed by atoms with Gasteiger partial charge in [0.1, 0.15) is 20.2 Å². The Kier molecular flexibility index (Phi) is 1.95. The lowest BCUT2D eigenvalue weighted by atomic mass is 10.4. The minimum absolute atomic E-state index is 0.244. The van der Waals surface area contributed by atoms with E-state index in [4.69, 9.17) is 15.2 Å². The van der Waals surface area contributed by atoms with E-state index in [2.05, 4.69) is 0 Å². The molecule has 0 aromatic carbocycles. The minimum atomic E-state index is -3.12. The molecule has 0 aliphatic rings. The number of hydrogen-bond acceptors (Lipinski definition) is 4. The van der Waals surface area contributed by atoms with E-state index in [1.54, 1.807) is 0 Å². The van der Waals surface area contributed by atoms with E-state index in [1.807, 2.05) is 6.07 Å². The highest BCUT2D eigenvalue weighted by Gasteiger charge is 2.06. The third kappa shape index (κ3) is 1.77. The Labute approximate surface area is 68.4 Å². The van der Waals surface area contributed by atoms with Crippen LogP contribution in [0.25, 0.3) is 0 Å². The highest BCUT2D eigenvalue weighted by atomic mass is 32.2. The number of hydrogen-bond donors (Lipinski definition) is 2. The fraction of sp³-hybridized carbons (Fsp3) is 0. The molecule has 0 fully saturated rings. The second kappa shape index (κ2) is 2.62. The molecule has 1 atom stereocenters. The molecule has 4 nitrogen and oxygen atoms in total. The molecule has 0 amide bonds. The summed E-state index contributed by atoms with van der Waals surface area (Å²) in [5.41, 5.74) is 0.399. The second-order valence-electron chi connectivity index (χ2n) is 1.87. The zero-order valence-electron chi connectivity index (χ0n) is 5.40. The fourth-order valence-corrected chi connectivity index (χ4v) is 2.11. The molecular formula is C5H5N3OS2. The van der Waals surface area contributed by atoms with Crippen LogP contribution in [0, 0.1) is 16.1 Å². The first-order valence-electron chi connectivity index (χ1n) is 2.59. The van der Waals surface area contributed by atoms with Crippen LogP contribution in [0.15, 0.2) is 15.7 Å². The lowest BCUT2D eigenvalue weighted by Crippen LogP contribution is -2.07. The maximum absolute atomic E-state index is 10.9. The number of thiophene rings is 1. The van der Waals surface area contributed by atoms with Crippen LogP contribution in [0.4, 0.5) is 0 Å². The number of nitrogens with two attached hydrogens (primary N) is 1. The molecule has 0 aliphatic heterocycles. The van der Waals surface area contributed by atoms with Crippen LogP contribution in [-0.2, 0) is 9.92 Å². The van der Waals surface area contributed by atoms with Crippen LogP contribution < -0.4 is 5.14 Å². The third-order valence-corrected chi connectivity index (χ3v) is 3.47. The lowest BCUT2D eigenvalue weighted by Gasteiger charge is -1.91. The first-order chi connectivity index (χ1) is 5.04. The van der Waals surface area contributed by atoms with Gasteiger partial charge < -0.3 is 0 Å². The van der Waals surface area contributed by atoms with Gasteiger partial charge in [-0.25, -0.2) is 14.1 Å². The van der Waals surface area contributed by atoms with Crippen molar-refractivity contribution in [2.24, 2.45) is 5.14 Å². The number of rotatable bonds is 1. The van der Waals surface area contributed by atoms with Crippen molar-refractivity contribution < 1.29 is 4.21 Å². The monoisotopic (exact) mass is 187 g/mol.